The molecule has 0 spiro atoms. The first-order valence-corrected chi connectivity index (χ1v) is 7.99. The summed E-state index contributed by atoms with van der Waals surface area (Å²) in [6.45, 7) is 0.503. The van der Waals surface area contributed by atoms with E-state index >= 15 is 0 Å². The number of aryl methyl sites for hydroxylation is 2. The third-order valence-electron chi connectivity index (χ3n) is 3.82. The summed E-state index contributed by atoms with van der Waals surface area (Å²) in [4.78, 5) is 23.8. The van der Waals surface area contributed by atoms with Gasteiger partial charge in [-0.3, -0.25) is 9.59 Å². The second-order valence-electron chi connectivity index (χ2n) is 5.59. The number of nitrogens with zero attached hydrogens (tertiary/aromatic N) is 4. The van der Waals surface area contributed by atoms with E-state index in [2.05, 4.69) is 20.6 Å². The maximum atomic E-state index is 12.0. The van der Waals surface area contributed by atoms with E-state index in [4.69, 9.17) is 4.74 Å². The maximum absolute atomic E-state index is 12.0. The molecule has 0 fully saturated rings. The first-order valence-electron chi connectivity index (χ1n) is 7.99. The summed E-state index contributed by atoms with van der Waals surface area (Å²) < 4.78 is 6.61. The first-order chi connectivity index (χ1) is 11.7. The van der Waals surface area contributed by atoms with Crippen LogP contribution in [0.15, 0.2) is 29.2 Å². The number of rotatable bonds is 6. The second-order valence-corrected chi connectivity index (χ2v) is 5.59. The SMILES string of the molecule is O=C(COc1cccnn1)NCCn1nc2c(cc1=O)CCCC2. The number of hydrogen-bond acceptors (Lipinski definition) is 6. The fourth-order valence-corrected chi connectivity index (χ4v) is 2.62. The standard InChI is InChI=1S/C16H19N5O3/c22-14(11-24-15-6-3-7-18-19-15)17-8-9-21-16(23)10-12-4-1-2-5-13(12)20-21/h3,6-7,10H,1-2,4-5,8-9,11H2,(H,17,22). The number of hydrogen-bond donors (Lipinski definition) is 1. The summed E-state index contributed by atoms with van der Waals surface area (Å²) in [6.07, 6.45) is 5.58. The summed E-state index contributed by atoms with van der Waals surface area (Å²) >= 11 is 0. The third kappa shape index (κ3) is 4.15. The molecule has 0 saturated carbocycles. The molecule has 0 radical (unpaired) electrons. The van der Waals surface area contributed by atoms with Crippen molar-refractivity contribution >= 4 is 5.91 Å². The van der Waals surface area contributed by atoms with Crippen LogP contribution in [0.5, 0.6) is 5.88 Å². The van der Waals surface area contributed by atoms with Crippen molar-refractivity contribution in [2.45, 2.75) is 32.2 Å². The van der Waals surface area contributed by atoms with Crippen LogP contribution in [0.25, 0.3) is 0 Å². The van der Waals surface area contributed by atoms with Crippen LogP contribution in [0.4, 0.5) is 0 Å². The number of carbonyl (C=O) groups is 1. The van der Waals surface area contributed by atoms with E-state index in [-0.39, 0.29) is 18.1 Å². The Bertz CT molecular complexity index is 760. The van der Waals surface area contributed by atoms with Gasteiger partial charge < -0.3 is 10.1 Å². The van der Waals surface area contributed by atoms with E-state index in [1.54, 1.807) is 18.2 Å². The van der Waals surface area contributed by atoms with Crippen molar-refractivity contribution in [3.05, 3.63) is 46.0 Å². The molecule has 8 heteroatoms. The summed E-state index contributed by atoms with van der Waals surface area (Å²) in [5.41, 5.74) is 1.93. The predicted molar refractivity (Wildman–Crippen MR) is 85.7 cm³/mol. The molecule has 0 bridgehead atoms. The average Bonchev–Trinajstić information content (AvgIpc) is 2.61. The van der Waals surface area contributed by atoms with Crippen LogP contribution >= 0.6 is 0 Å². The highest BCUT2D eigenvalue weighted by Gasteiger charge is 2.13. The highest BCUT2D eigenvalue weighted by molar-refractivity contribution is 5.77. The molecule has 0 saturated heterocycles. The number of amides is 1. The lowest BCUT2D eigenvalue weighted by atomic mass is 9.97. The minimum absolute atomic E-state index is 0.124. The maximum Gasteiger partial charge on any atom is 0.267 e. The van der Waals surface area contributed by atoms with E-state index in [9.17, 15) is 9.59 Å². The molecule has 0 atom stereocenters. The first kappa shape index (κ1) is 16.1. The molecule has 24 heavy (non-hydrogen) atoms. The van der Waals surface area contributed by atoms with Gasteiger partial charge in [0.2, 0.25) is 5.88 Å². The molecule has 2 aromatic rings. The Balaban J connectivity index is 1.47. The van der Waals surface area contributed by atoms with Crippen LogP contribution < -0.4 is 15.6 Å². The normalized spacial score (nSPS) is 13.2. The van der Waals surface area contributed by atoms with Crippen LogP contribution in [-0.2, 0) is 24.2 Å². The lowest BCUT2D eigenvalue weighted by molar-refractivity contribution is -0.123. The zero-order chi connectivity index (χ0) is 16.8. The number of carbonyl (C=O) groups excluding carboxylic acids is 1. The Labute approximate surface area is 138 Å². The van der Waals surface area contributed by atoms with Gasteiger partial charge in [0.15, 0.2) is 6.61 Å². The van der Waals surface area contributed by atoms with Crippen molar-refractivity contribution in [2.75, 3.05) is 13.2 Å². The van der Waals surface area contributed by atoms with E-state index in [1.165, 1.54) is 10.9 Å². The fraction of sp³-hybridized carbons (Fsp3) is 0.438. The molecule has 1 aliphatic rings. The predicted octanol–water partition coefficient (Wildman–Crippen LogP) is 0.107. The molecule has 1 amide bonds. The largest absolute Gasteiger partial charge is 0.466 e. The number of ether oxygens (including phenoxy) is 1. The molecule has 0 unspecified atom stereocenters. The molecular weight excluding hydrogens is 310 g/mol. The molecule has 1 N–H and O–H groups in total. The minimum Gasteiger partial charge on any atom is -0.466 e. The smallest absolute Gasteiger partial charge is 0.267 e. The van der Waals surface area contributed by atoms with Gasteiger partial charge in [0.05, 0.1) is 12.2 Å². The van der Waals surface area contributed by atoms with E-state index in [1.807, 2.05) is 0 Å². The van der Waals surface area contributed by atoms with E-state index in [0.29, 0.717) is 19.0 Å². The highest BCUT2D eigenvalue weighted by Crippen LogP contribution is 2.16. The summed E-state index contributed by atoms with van der Waals surface area (Å²) in [5.74, 6) is 0.00638. The van der Waals surface area contributed by atoms with Gasteiger partial charge in [-0.05, 0) is 37.3 Å². The zero-order valence-corrected chi connectivity index (χ0v) is 13.3. The monoisotopic (exact) mass is 329 g/mol. The molecule has 0 aliphatic heterocycles. The van der Waals surface area contributed by atoms with Crippen LogP contribution in [-0.4, -0.2) is 39.0 Å². The van der Waals surface area contributed by atoms with Crippen molar-refractivity contribution in [1.29, 1.82) is 0 Å². The lowest BCUT2D eigenvalue weighted by Crippen LogP contribution is -2.35. The quantitative estimate of drug-likeness (QED) is 0.807. The highest BCUT2D eigenvalue weighted by atomic mass is 16.5. The summed E-state index contributed by atoms with van der Waals surface area (Å²) in [7, 11) is 0. The molecule has 2 heterocycles. The van der Waals surface area contributed by atoms with E-state index < -0.39 is 0 Å². The van der Waals surface area contributed by atoms with Crippen molar-refractivity contribution in [1.82, 2.24) is 25.3 Å². The van der Waals surface area contributed by atoms with Gasteiger partial charge in [-0.1, -0.05) is 0 Å². The molecule has 0 aromatic carbocycles. The fourth-order valence-electron chi connectivity index (χ4n) is 2.62. The van der Waals surface area contributed by atoms with Gasteiger partial charge in [-0.2, -0.15) is 10.2 Å². The van der Waals surface area contributed by atoms with Crippen molar-refractivity contribution in [3.63, 3.8) is 0 Å². The Hall–Kier alpha value is -2.77. The van der Waals surface area contributed by atoms with Gasteiger partial charge in [0.25, 0.3) is 11.5 Å². The zero-order valence-electron chi connectivity index (χ0n) is 13.3. The summed E-state index contributed by atoms with van der Waals surface area (Å²) in [6, 6.07) is 4.96. The Morgan fingerprint density at radius 3 is 3.04 bits per heavy atom. The molecule has 126 valence electrons. The topological polar surface area (TPSA) is 99.0 Å². The van der Waals surface area contributed by atoms with Gasteiger partial charge in [-0.15, -0.1) is 5.10 Å². The van der Waals surface area contributed by atoms with Crippen LogP contribution in [0.1, 0.15) is 24.1 Å². The average molecular weight is 329 g/mol. The Kier molecular flexibility index (Phi) is 5.15. The van der Waals surface area contributed by atoms with E-state index in [0.717, 1.165) is 36.9 Å². The molecule has 3 rings (SSSR count). The summed E-state index contributed by atoms with van der Waals surface area (Å²) in [5, 5.41) is 14.5. The lowest BCUT2D eigenvalue weighted by Gasteiger charge is -2.16. The Morgan fingerprint density at radius 2 is 2.21 bits per heavy atom. The number of fused-ring (bicyclic) bond motifs is 1. The second kappa shape index (κ2) is 7.67. The van der Waals surface area contributed by atoms with Gasteiger partial charge >= 0.3 is 0 Å². The Morgan fingerprint density at radius 1 is 1.33 bits per heavy atom. The van der Waals surface area contributed by atoms with Gasteiger partial charge in [0.1, 0.15) is 0 Å². The van der Waals surface area contributed by atoms with Crippen molar-refractivity contribution in [3.8, 4) is 5.88 Å². The number of nitrogens with one attached hydrogen (secondary N) is 1. The van der Waals surface area contributed by atoms with Gasteiger partial charge in [-0.25, -0.2) is 4.68 Å². The van der Waals surface area contributed by atoms with Crippen LogP contribution in [0, 0.1) is 0 Å². The van der Waals surface area contributed by atoms with Crippen molar-refractivity contribution < 1.29 is 9.53 Å². The van der Waals surface area contributed by atoms with Gasteiger partial charge in [0, 0.05) is 24.9 Å². The molecule has 8 nitrogen and oxygen atoms in total. The third-order valence-corrected chi connectivity index (χ3v) is 3.82. The van der Waals surface area contributed by atoms with Crippen LogP contribution in [0.2, 0.25) is 0 Å². The van der Waals surface area contributed by atoms with Crippen LogP contribution in [0.3, 0.4) is 0 Å². The van der Waals surface area contributed by atoms with Crippen molar-refractivity contribution in [2.24, 2.45) is 0 Å². The molecule has 1 aliphatic carbocycles. The molecular formula is C16H19N5O3. The number of aromatic nitrogens is 4. The molecule has 2 aromatic heterocycles. The minimum atomic E-state index is -0.285.